The quantitative estimate of drug-likeness (QED) is 0.544. The highest BCUT2D eigenvalue weighted by Crippen LogP contribution is 2.82. The third-order valence-electron chi connectivity index (χ3n) is 4.27. The first-order valence-corrected chi connectivity index (χ1v) is 5.81. The molecule has 0 atom stereocenters. The van der Waals surface area contributed by atoms with E-state index >= 15 is 0 Å². The predicted octanol–water partition coefficient (Wildman–Crippen LogP) is 4.50. The average molecular weight is 263 g/mol. The van der Waals surface area contributed by atoms with Crippen molar-refractivity contribution >= 4 is 18.6 Å². The van der Waals surface area contributed by atoms with Gasteiger partial charge in [0.05, 0.1) is 0 Å². The third kappa shape index (κ3) is 1.32. The van der Waals surface area contributed by atoms with Crippen molar-refractivity contribution in [2.75, 3.05) is 0 Å². The van der Waals surface area contributed by atoms with Gasteiger partial charge in [-0.05, 0) is 29.2 Å². The van der Waals surface area contributed by atoms with E-state index in [9.17, 15) is 17.3 Å². The van der Waals surface area contributed by atoms with Crippen LogP contribution in [0.15, 0.2) is 18.2 Å². The van der Waals surface area contributed by atoms with Gasteiger partial charge >= 0.3 is 6.98 Å². The maximum Gasteiger partial charge on any atom is 0.484 e. The zero-order valence-electron chi connectivity index (χ0n) is 8.82. The van der Waals surface area contributed by atoms with Crippen LogP contribution >= 0.6 is 11.6 Å². The normalized spacial score (nSPS) is 35.1. The first-order valence-electron chi connectivity index (χ1n) is 5.43. The molecule has 0 amide bonds. The molecular formula is C11H9BClF4-. The van der Waals surface area contributed by atoms with Gasteiger partial charge in [0.25, 0.3) is 0 Å². The summed E-state index contributed by atoms with van der Waals surface area (Å²) in [6.45, 7) is -4.81. The molecule has 0 radical (unpaired) electrons. The fourth-order valence-electron chi connectivity index (χ4n) is 3.40. The fraction of sp³-hybridized carbons (Fsp3) is 0.455. The van der Waals surface area contributed by atoms with E-state index in [-0.39, 0.29) is 19.3 Å². The van der Waals surface area contributed by atoms with Crippen LogP contribution in [0, 0.1) is 5.82 Å². The molecule has 2 bridgehead atoms. The van der Waals surface area contributed by atoms with Crippen molar-refractivity contribution in [3.8, 4) is 0 Å². The van der Waals surface area contributed by atoms with Gasteiger partial charge in [-0.1, -0.05) is 36.2 Å². The van der Waals surface area contributed by atoms with Crippen LogP contribution in [0.1, 0.15) is 24.8 Å². The van der Waals surface area contributed by atoms with Crippen LogP contribution in [0.25, 0.3) is 0 Å². The van der Waals surface area contributed by atoms with E-state index in [2.05, 4.69) is 0 Å². The SMILES string of the molecule is Fc1ccc(Cl)cc1C12CC([B-](F)(F)F)(C1)C2. The van der Waals surface area contributed by atoms with E-state index in [1.54, 1.807) is 0 Å². The summed E-state index contributed by atoms with van der Waals surface area (Å²) in [5.41, 5.74) is -0.251. The summed E-state index contributed by atoms with van der Waals surface area (Å²) in [6, 6.07) is 4.10. The van der Waals surface area contributed by atoms with Gasteiger partial charge in [-0.15, -0.1) is 0 Å². The second-order valence-electron chi connectivity index (χ2n) is 5.37. The summed E-state index contributed by atoms with van der Waals surface area (Å²) in [4.78, 5) is 0. The molecule has 0 aromatic heterocycles. The number of benzene rings is 1. The largest absolute Gasteiger partial charge is 0.484 e. The highest BCUT2D eigenvalue weighted by Gasteiger charge is 2.74. The molecule has 3 aliphatic carbocycles. The van der Waals surface area contributed by atoms with Gasteiger partial charge in [0.2, 0.25) is 0 Å². The highest BCUT2D eigenvalue weighted by molar-refractivity contribution is 6.63. The van der Waals surface area contributed by atoms with Crippen molar-refractivity contribution in [1.82, 2.24) is 0 Å². The van der Waals surface area contributed by atoms with Crippen molar-refractivity contribution < 1.29 is 17.3 Å². The molecular weight excluding hydrogens is 254 g/mol. The highest BCUT2D eigenvalue weighted by atomic mass is 35.5. The lowest BCUT2D eigenvalue weighted by molar-refractivity contribution is -0.0424. The van der Waals surface area contributed by atoms with Gasteiger partial charge in [0.15, 0.2) is 0 Å². The number of hydrogen-bond acceptors (Lipinski definition) is 0. The smallest absolute Gasteiger partial charge is 0.449 e. The lowest BCUT2D eigenvalue weighted by atomic mass is 9.23. The first kappa shape index (κ1) is 11.4. The maximum absolute atomic E-state index is 13.6. The van der Waals surface area contributed by atoms with Crippen molar-refractivity contribution in [2.45, 2.75) is 30.0 Å². The predicted molar refractivity (Wildman–Crippen MR) is 58.7 cm³/mol. The van der Waals surface area contributed by atoms with Crippen LogP contribution < -0.4 is 0 Å². The van der Waals surface area contributed by atoms with Crippen molar-refractivity contribution in [2.24, 2.45) is 0 Å². The Kier molecular flexibility index (Phi) is 2.01. The zero-order chi connectivity index (χ0) is 12.5. The number of hydrogen-bond donors (Lipinski definition) is 0. The van der Waals surface area contributed by atoms with E-state index < -0.39 is 23.5 Å². The Balaban J connectivity index is 1.89. The molecule has 6 heteroatoms. The van der Waals surface area contributed by atoms with E-state index in [4.69, 9.17) is 11.6 Å². The molecule has 0 aliphatic heterocycles. The summed E-state index contributed by atoms with van der Waals surface area (Å²) >= 11 is 5.76. The summed E-state index contributed by atoms with van der Waals surface area (Å²) in [5.74, 6) is -0.447. The molecule has 3 aliphatic rings. The zero-order valence-corrected chi connectivity index (χ0v) is 9.58. The number of halogens is 5. The van der Waals surface area contributed by atoms with Crippen molar-refractivity contribution in [3.05, 3.63) is 34.6 Å². The van der Waals surface area contributed by atoms with Crippen LogP contribution in [0.2, 0.25) is 10.3 Å². The van der Waals surface area contributed by atoms with Crippen LogP contribution in [0.5, 0.6) is 0 Å². The van der Waals surface area contributed by atoms with Crippen molar-refractivity contribution in [3.63, 3.8) is 0 Å². The molecule has 0 saturated heterocycles. The lowest BCUT2D eigenvalue weighted by Gasteiger charge is -2.75. The lowest BCUT2D eigenvalue weighted by Crippen LogP contribution is -2.67. The van der Waals surface area contributed by atoms with Gasteiger partial charge in [-0.25, -0.2) is 4.39 Å². The van der Waals surface area contributed by atoms with E-state index in [0.29, 0.717) is 10.6 Å². The summed E-state index contributed by atoms with van der Waals surface area (Å²) in [5, 5.41) is -1.12. The molecule has 0 unspecified atom stereocenters. The molecule has 0 spiro atoms. The Labute approximate surface area is 101 Å². The molecule has 1 aromatic rings. The molecule has 92 valence electrons. The van der Waals surface area contributed by atoms with E-state index in [0.717, 1.165) is 0 Å². The molecule has 1 aromatic carbocycles. The molecule has 3 saturated carbocycles. The first-order chi connectivity index (χ1) is 7.78. The van der Waals surface area contributed by atoms with Gasteiger partial charge in [-0.2, -0.15) is 0 Å². The molecule has 0 nitrogen and oxygen atoms in total. The minimum atomic E-state index is -4.81. The summed E-state index contributed by atoms with van der Waals surface area (Å²) in [6.07, 6.45) is 0.0856. The van der Waals surface area contributed by atoms with Gasteiger partial charge in [0.1, 0.15) is 5.82 Å². The second kappa shape index (κ2) is 3.00. The van der Waals surface area contributed by atoms with Gasteiger partial charge in [-0.3, -0.25) is 0 Å². The van der Waals surface area contributed by atoms with Crippen LogP contribution in [0.3, 0.4) is 0 Å². The standard InChI is InChI=1S/C11H9BClF4/c13-7-1-2-9(14)8(3-7)10-4-11(5-10,6-10)12(15,16)17/h1-3H,4-6H2/q-1. The monoisotopic (exact) mass is 263 g/mol. The molecule has 0 N–H and O–H groups in total. The third-order valence-corrected chi connectivity index (χ3v) is 4.50. The second-order valence-corrected chi connectivity index (χ2v) is 5.81. The molecule has 0 heterocycles. The molecule has 3 fully saturated rings. The van der Waals surface area contributed by atoms with Crippen LogP contribution in [-0.2, 0) is 5.41 Å². The van der Waals surface area contributed by atoms with Crippen LogP contribution in [0.4, 0.5) is 17.3 Å². The van der Waals surface area contributed by atoms with Gasteiger partial charge in [0, 0.05) is 5.02 Å². The summed E-state index contributed by atoms with van der Waals surface area (Å²) < 4.78 is 51.8. The molecule has 4 rings (SSSR count). The topological polar surface area (TPSA) is 0 Å². The van der Waals surface area contributed by atoms with E-state index in [1.807, 2.05) is 0 Å². The minimum absolute atomic E-state index is 0.0285. The summed E-state index contributed by atoms with van der Waals surface area (Å²) in [7, 11) is 0. The Morgan fingerprint density at radius 3 is 2.24 bits per heavy atom. The molecule has 17 heavy (non-hydrogen) atoms. The van der Waals surface area contributed by atoms with Crippen LogP contribution in [-0.4, -0.2) is 6.98 Å². The maximum atomic E-state index is 13.6. The van der Waals surface area contributed by atoms with Crippen molar-refractivity contribution in [1.29, 1.82) is 0 Å². The average Bonchev–Trinajstić information content (AvgIpc) is 2.03. The Morgan fingerprint density at radius 1 is 1.12 bits per heavy atom. The van der Waals surface area contributed by atoms with Gasteiger partial charge < -0.3 is 12.9 Å². The minimum Gasteiger partial charge on any atom is -0.449 e. The fourth-order valence-corrected chi connectivity index (χ4v) is 3.58. The Hall–Kier alpha value is -0.705. The number of rotatable bonds is 2. The van der Waals surface area contributed by atoms with E-state index in [1.165, 1.54) is 18.2 Å². The Morgan fingerprint density at radius 2 is 1.71 bits per heavy atom. The Bertz CT molecular complexity index is 477.